The Kier molecular flexibility index (Phi) is 20.4. The lowest BCUT2D eigenvalue weighted by atomic mass is 9.79. The van der Waals surface area contributed by atoms with Gasteiger partial charge in [-0.15, -0.1) is 0 Å². The van der Waals surface area contributed by atoms with Crippen LogP contribution in [0, 0.1) is 70.8 Å². The van der Waals surface area contributed by atoms with Gasteiger partial charge in [0.25, 0.3) is 0 Å². The third-order valence-electron chi connectivity index (χ3n) is 25.7. The Bertz CT molecular complexity index is 7460. The van der Waals surface area contributed by atoms with Gasteiger partial charge in [-0.05, 0) is 326 Å². The van der Waals surface area contributed by atoms with Crippen molar-refractivity contribution in [3.63, 3.8) is 0 Å². The molecule has 0 radical (unpaired) electrons. The van der Waals surface area contributed by atoms with E-state index in [1.165, 1.54) is 99.2 Å². The second kappa shape index (κ2) is 49.1. The highest BCUT2D eigenvalue weighted by Gasteiger charge is 2.47. The van der Waals surface area contributed by atoms with E-state index in [0.717, 1.165) is 46.4 Å². The minimum absolute atomic E-state index is 0.00448. The van der Waals surface area contributed by atoms with Gasteiger partial charge in [-0.25, -0.2) is 0 Å². The highest BCUT2D eigenvalue weighted by atomic mass is 16.5. The molecule has 21 unspecified atom stereocenters. The van der Waals surface area contributed by atoms with Crippen LogP contribution in [0.25, 0.3) is 0 Å². The van der Waals surface area contributed by atoms with Gasteiger partial charge in [0.05, 0.1) is 149 Å². The van der Waals surface area contributed by atoms with E-state index in [1.807, 2.05) is 41.5 Å². The lowest BCUT2D eigenvalue weighted by Gasteiger charge is -2.46. The molecule has 24 heteroatoms. The van der Waals surface area contributed by atoms with Crippen LogP contribution in [0.1, 0.15) is 335 Å². The predicted molar refractivity (Wildman–Crippen MR) is 547 cm³/mol. The van der Waals surface area contributed by atoms with Crippen molar-refractivity contribution < 1.29 is 160 Å². The van der Waals surface area contributed by atoms with E-state index < -0.39 is 231 Å². The van der Waals surface area contributed by atoms with Crippen LogP contribution in [0.4, 0.5) is 0 Å². The fraction of sp³-hybridized carbons (Fsp3) is 0.684. The van der Waals surface area contributed by atoms with Crippen LogP contribution >= 0.6 is 0 Å². The molecule has 6 aromatic rings. The van der Waals surface area contributed by atoms with Gasteiger partial charge in [-0.1, -0.05) is 82.9 Å². The smallest absolute Gasteiger partial charge is 0.161 e. The highest BCUT2D eigenvalue weighted by Crippen LogP contribution is 2.52. The predicted octanol–water partition coefficient (Wildman–Crippen LogP) is 18.2. The molecule has 0 amide bonds. The number of hydrogen-bond donors (Lipinski definition) is 6. The number of ether oxygens (including phenoxy) is 12. The van der Waals surface area contributed by atoms with Gasteiger partial charge in [0.1, 0.15) is 0 Å². The number of piperidine rings is 6. The number of aliphatic hydroxyl groups excluding tert-OH is 1. The number of fused-ring (bicyclic) bond motifs is 18. The molecule has 768 valence electrons. The fourth-order valence-corrected chi connectivity index (χ4v) is 19.3. The van der Waals surface area contributed by atoms with Crippen molar-refractivity contribution in [3.05, 3.63) is 140 Å². The van der Waals surface area contributed by atoms with E-state index in [1.54, 1.807) is 51.1 Å². The first kappa shape index (κ1) is 57.2. The Morgan fingerprint density at radius 3 is 0.725 bits per heavy atom. The Morgan fingerprint density at radius 1 is 0.297 bits per heavy atom. The maximum absolute atomic E-state index is 11.3. The number of benzene rings is 6. The molecule has 6 fully saturated rings. The van der Waals surface area contributed by atoms with Crippen molar-refractivity contribution in [3.8, 4) is 69.0 Å². The average Bonchev–Trinajstić information content (AvgIpc) is 0.664. The summed E-state index contributed by atoms with van der Waals surface area (Å²) in [7, 11) is 4.23. The molecule has 12 aliphatic rings. The number of nitrogens with zero attached hydrogens (tertiary/aromatic N) is 6. The highest BCUT2D eigenvalue weighted by molar-refractivity contribution is 5.55. The second-order valence-corrected chi connectivity index (χ2v) is 36.7. The van der Waals surface area contributed by atoms with Crippen LogP contribution in [-0.4, -0.2) is 260 Å². The zero-order valence-electron chi connectivity index (χ0n) is 135. The summed E-state index contributed by atoms with van der Waals surface area (Å²) in [6, 6.07) is 4.85. The summed E-state index contributed by atoms with van der Waals surface area (Å²) in [5, 5.41) is 66.6. The van der Waals surface area contributed by atoms with Crippen molar-refractivity contribution in [1.82, 2.24) is 29.4 Å². The summed E-state index contributed by atoms with van der Waals surface area (Å²) in [5.74, 6) is -19.6. The fourth-order valence-electron chi connectivity index (χ4n) is 19.3. The number of rotatable bonds is 24. The molecule has 24 nitrogen and oxygen atoms in total. The molecule has 12 heterocycles. The van der Waals surface area contributed by atoms with Gasteiger partial charge in [0.2, 0.25) is 0 Å². The minimum atomic E-state index is -3.76. The molecule has 0 saturated carbocycles. The summed E-state index contributed by atoms with van der Waals surface area (Å²) < 4.78 is 503. The van der Waals surface area contributed by atoms with E-state index in [4.69, 9.17) is 125 Å². The molecule has 0 aromatic heterocycles. The van der Waals surface area contributed by atoms with Gasteiger partial charge in [-0.2, -0.15) is 0 Å². The molecular weight excluding hydrogens is 1740 g/mol. The Balaban J connectivity index is 0.000000185. The Hall–Kier alpha value is -7.56. The Morgan fingerprint density at radius 2 is 0.500 bits per heavy atom. The van der Waals surface area contributed by atoms with Crippen LogP contribution < -0.4 is 56.8 Å². The van der Waals surface area contributed by atoms with E-state index >= 15 is 0 Å². The lowest BCUT2D eigenvalue weighted by Crippen LogP contribution is -2.48. The third-order valence-corrected chi connectivity index (χ3v) is 25.7. The molecule has 21 atom stereocenters. The molecular formula is C114H174N6O18. The van der Waals surface area contributed by atoms with Gasteiger partial charge in [0, 0.05) is 160 Å². The van der Waals surface area contributed by atoms with E-state index in [2.05, 4.69) is 0 Å². The van der Waals surface area contributed by atoms with Crippen LogP contribution in [0.15, 0.2) is 72.8 Å². The first-order valence-corrected chi connectivity index (χ1v) is 46.4. The van der Waals surface area contributed by atoms with Crippen molar-refractivity contribution >= 4 is 0 Å². The normalized spacial score (nSPS) is 45.6. The second-order valence-electron chi connectivity index (χ2n) is 36.7. The standard InChI is InChI=1S/6C19H29NO3/c6*1-12(2)7-14-11-20-6-5-13-8-18(22-3)19(23-4)9-15(13)16(20)10-17(14)21/h6*8-9,12,14,16-17,21H,5-7,10-11H2,1-4H3/i1D3,4D3,7D2,10D2,12D,14D,16D,17D;1D3,7D2,10D2,12D,14D,16D,17D;4D3,10D2,14D,16D,17D;1D3,4D3,7D2,12D,16D;2*10D2,14D,16D,17D. The first-order valence-electron chi connectivity index (χ1n) is 72.9. The molecule has 6 saturated heterocycles. The topological polar surface area (TPSA) is 252 Å². The van der Waals surface area contributed by atoms with E-state index in [0.29, 0.717) is 114 Å². The van der Waals surface area contributed by atoms with Crippen molar-refractivity contribution in [1.29, 1.82) is 0 Å². The summed E-state index contributed by atoms with van der Waals surface area (Å²) >= 11 is 0. The Labute approximate surface area is 901 Å². The largest absolute Gasteiger partial charge is 0.493 e. The maximum atomic E-state index is 11.3. The SMILES string of the molecule is [2H]C([2H])([2H])C([2H])(C)C([2H])([2H])C1([2H])CN2CCc3cc(OC)c(OC)cc3C2([2H])C([2H])([2H])C1([2H])O.[2H]C([2H])([2H])Oc1cc2c(cc1OC)CCN1CC(C([2H])([2H])C([2H])(C)C([2H])([2H])[2H])C(O)CC21[2H].[2H]C([2H])([2H])Oc1cc2c(cc1OC)CCN1CC([2H])(C([2H])([2H])C([2H])(C)C([2H])([2H])[2H])C([2H])(O)C([2H])([2H])C21[2H].[2H]C([2H])([2H])Oc1cc2c(cc1OC)CCN1CC([2H])(CC(C)C)C([2H])(O)C([2H])([2H])C21[2H].[2H]C1(CC(C)C)CN2CCc3cc(OC)c(OC)cc3C2([2H])C([2H])([2H])C1([2H])O.[2H]C1(CC(C)C)CN2CCc3cc(OC)c(OC)cc3C2([2H])C([2H])([2H])C1([2H])O. The molecule has 0 spiro atoms. The molecule has 6 N–H and O–H groups in total. The van der Waals surface area contributed by atoms with E-state index in [-0.39, 0.29) is 159 Å². The molecule has 0 aliphatic carbocycles. The molecule has 18 rings (SSSR count). The van der Waals surface area contributed by atoms with Gasteiger partial charge >= 0.3 is 0 Å². The van der Waals surface area contributed by atoms with Crippen LogP contribution in [0.2, 0.25) is 0 Å². The minimum Gasteiger partial charge on any atom is -0.493 e. The lowest BCUT2D eigenvalue weighted by molar-refractivity contribution is -0.0192. The maximum Gasteiger partial charge on any atom is 0.161 e. The summed E-state index contributed by atoms with van der Waals surface area (Å²) in [5.41, 5.74) is 4.59. The quantitative estimate of drug-likeness (QED) is 0.0329. The van der Waals surface area contributed by atoms with Crippen LogP contribution in [0.5, 0.6) is 69.0 Å². The number of aliphatic hydroxyl groups is 6. The van der Waals surface area contributed by atoms with Crippen LogP contribution in [-0.2, 0) is 38.5 Å². The van der Waals surface area contributed by atoms with Gasteiger partial charge < -0.3 is 87.5 Å². The number of methoxy groups -OCH3 is 12. The zero-order valence-corrected chi connectivity index (χ0v) is 82.1. The molecule has 0 bridgehead atoms. The summed E-state index contributed by atoms with van der Waals surface area (Å²) in [6.45, 7) is 3.01. The van der Waals surface area contributed by atoms with Crippen molar-refractivity contribution in [2.24, 2.45) is 70.8 Å². The molecule has 138 heavy (non-hydrogen) atoms. The van der Waals surface area contributed by atoms with Crippen molar-refractivity contribution in [2.75, 3.05) is 164 Å². The number of hydrogen-bond acceptors (Lipinski definition) is 24. The molecule has 6 aromatic carbocycles. The molecule has 12 aliphatic heterocycles. The summed E-state index contributed by atoms with van der Waals surface area (Å²) in [6.07, 6.45) is -39.3. The van der Waals surface area contributed by atoms with Gasteiger partial charge in [-0.3, -0.25) is 29.4 Å². The van der Waals surface area contributed by atoms with Crippen molar-refractivity contribution in [2.45, 2.75) is 271 Å². The summed E-state index contributed by atoms with van der Waals surface area (Å²) in [4.78, 5) is 8.44. The third kappa shape index (κ3) is 25.4. The average molecular weight is 1970 g/mol. The zero-order chi connectivity index (χ0) is 146. The van der Waals surface area contributed by atoms with E-state index in [9.17, 15) is 34.8 Å². The monoisotopic (exact) mass is 1970 g/mol. The first-order chi connectivity index (χ1) is 86.1. The van der Waals surface area contributed by atoms with Gasteiger partial charge in [0.15, 0.2) is 69.0 Å². The van der Waals surface area contributed by atoms with Crippen LogP contribution in [0.3, 0.4) is 0 Å².